The Morgan fingerprint density at radius 1 is 1.11 bits per heavy atom. The second kappa shape index (κ2) is 9.17. The molecule has 0 aliphatic heterocycles. The van der Waals surface area contributed by atoms with Crippen LogP contribution in [0, 0.1) is 13.8 Å². The molecule has 2 aromatic carbocycles. The smallest absolute Gasteiger partial charge is 0.232 e. The zero-order chi connectivity index (χ0) is 20.1. The number of oxazole rings is 1. The molecule has 3 aromatic rings. The first kappa shape index (κ1) is 20.3. The van der Waals surface area contributed by atoms with Gasteiger partial charge in [0.25, 0.3) is 0 Å². The number of amides is 1. The Balaban J connectivity index is 1.55. The monoisotopic (exact) mass is 416 g/mol. The number of carbonyl (C=O) groups is 1. The quantitative estimate of drug-likeness (QED) is 0.627. The molecular formula is C21H21ClN2O3S. The Kier molecular flexibility index (Phi) is 6.65. The van der Waals surface area contributed by atoms with E-state index >= 15 is 0 Å². The van der Waals surface area contributed by atoms with E-state index < -0.39 is 10.8 Å². The van der Waals surface area contributed by atoms with Gasteiger partial charge in [0, 0.05) is 27.9 Å². The Morgan fingerprint density at radius 3 is 2.46 bits per heavy atom. The fourth-order valence-corrected chi connectivity index (χ4v) is 3.78. The van der Waals surface area contributed by atoms with Crippen molar-refractivity contribution in [2.24, 2.45) is 0 Å². The van der Waals surface area contributed by atoms with Crippen LogP contribution in [-0.4, -0.2) is 20.9 Å². The molecule has 1 atom stereocenters. The van der Waals surface area contributed by atoms with Crippen LogP contribution in [0.3, 0.4) is 0 Å². The number of hydrogen-bond acceptors (Lipinski definition) is 4. The number of carbonyl (C=O) groups excluding carboxylic acids is 1. The number of nitrogens with one attached hydrogen (secondary N) is 1. The molecule has 1 heterocycles. The van der Waals surface area contributed by atoms with E-state index in [0.717, 1.165) is 16.7 Å². The molecule has 3 rings (SSSR count). The standard InChI is InChI=1S/C21H21ClN2O3S/c1-14-3-7-17(8-4-14)21-24-19(15(2)27-21)12-28(26)13-20(25)23-11-16-5-9-18(22)10-6-16/h3-10H,11-13H2,1-2H3,(H,23,25)/t28-/m1/s1. The number of nitrogens with zero attached hydrogens (tertiary/aromatic N) is 1. The topological polar surface area (TPSA) is 72.2 Å². The zero-order valence-corrected chi connectivity index (χ0v) is 17.3. The van der Waals surface area contributed by atoms with Crippen LogP contribution in [0.2, 0.25) is 5.02 Å². The van der Waals surface area contributed by atoms with Crippen molar-refractivity contribution >= 4 is 28.3 Å². The van der Waals surface area contributed by atoms with Gasteiger partial charge in [-0.3, -0.25) is 9.00 Å². The van der Waals surface area contributed by atoms with Crippen molar-refractivity contribution in [1.82, 2.24) is 10.3 Å². The first-order chi connectivity index (χ1) is 13.4. The minimum absolute atomic E-state index is 0.0836. The molecule has 1 N–H and O–H groups in total. The average Bonchev–Trinajstić information content (AvgIpc) is 3.02. The molecule has 1 amide bonds. The van der Waals surface area contributed by atoms with Crippen molar-refractivity contribution in [2.75, 3.05) is 5.75 Å². The Morgan fingerprint density at radius 2 is 1.79 bits per heavy atom. The van der Waals surface area contributed by atoms with E-state index in [-0.39, 0.29) is 17.4 Å². The lowest BCUT2D eigenvalue weighted by atomic mass is 10.1. The van der Waals surface area contributed by atoms with Gasteiger partial charge in [-0.1, -0.05) is 41.4 Å². The van der Waals surface area contributed by atoms with Crippen molar-refractivity contribution in [1.29, 1.82) is 0 Å². The summed E-state index contributed by atoms with van der Waals surface area (Å²) in [7, 11) is -1.38. The highest BCUT2D eigenvalue weighted by atomic mass is 35.5. The van der Waals surface area contributed by atoms with Crippen LogP contribution in [0.25, 0.3) is 11.5 Å². The van der Waals surface area contributed by atoms with Gasteiger partial charge >= 0.3 is 0 Å². The molecule has 7 heteroatoms. The summed E-state index contributed by atoms with van der Waals surface area (Å²) < 4.78 is 18.1. The number of hydrogen-bond donors (Lipinski definition) is 1. The predicted octanol–water partition coefficient (Wildman–Crippen LogP) is 4.18. The zero-order valence-electron chi connectivity index (χ0n) is 15.7. The molecule has 0 radical (unpaired) electrons. The highest BCUT2D eigenvalue weighted by Crippen LogP contribution is 2.22. The highest BCUT2D eigenvalue weighted by Gasteiger charge is 2.16. The maximum Gasteiger partial charge on any atom is 0.232 e. The number of aryl methyl sites for hydroxylation is 2. The lowest BCUT2D eigenvalue weighted by Crippen LogP contribution is -2.28. The molecule has 5 nitrogen and oxygen atoms in total. The number of aromatic nitrogens is 1. The van der Waals surface area contributed by atoms with Gasteiger partial charge in [0.2, 0.25) is 11.8 Å². The molecular weight excluding hydrogens is 396 g/mol. The third-order valence-electron chi connectivity index (χ3n) is 4.18. The first-order valence-corrected chi connectivity index (χ1v) is 10.7. The van der Waals surface area contributed by atoms with E-state index in [2.05, 4.69) is 10.3 Å². The molecule has 1 aromatic heterocycles. The van der Waals surface area contributed by atoms with E-state index in [1.165, 1.54) is 0 Å². The van der Waals surface area contributed by atoms with Gasteiger partial charge in [-0.05, 0) is 43.7 Å². The van der Waals surface area contributed by atoms with Crippen molar-refractivity contribution in [2.45, 2.75) is 26.1 Å². The van der Waals surface area contributed by atoms with Gasteiger partial charge in [0.05, 0.1) is 11.4 Å². The third-order valence-corrected chi connectivity index (χ3v) is 5.62. The van der Waals surface area contributed by atoms with Crippen LogP contribution < -0.4 is 5.32 Å². The van der Waals surface area contributed by atoms with Crippen molar-refractivity contribution < 1.29 is 13.4 Å². The second-order valence-corrected chi connectivity index (χ2v) is 8.41. The first-order valence-electron chi connectivity index (χ1n) is 8.80. The molecule has 0 fully saturated rings. The van der Waals surface area contributed by atoms with Crippen molar-refractivity contribution in [3.8, 4) is 11.5 Å². The highest BCUT2D eigenvalue weighted by molar-refractivity contribution is 7.84. The molecule has 0 saturated carbocycles. The van der Waals surface area contributed by atoms with Crippen molar-refractivity contribution in [3.63, 3.8) is 0 Å². The number of benzene rings is 2. The van der Waals surface area contributed by atoms with Gasteiger partial charge in [0.15, 0.2) is 0 Å². The summed E-state index contributed by atoms with van der Waals surface area (Å²) in [6.07, 6.45) is 0. The molecule has 0 saturated heterocycles. The number of halogens is 1. The minimum atomic E-state index is -1.38. The molecule has 28 heavy (non-hydrogen) atoms. The average molecular weight is 417 g/mol. The molecule has 0 aliphatic rings. The summed E-state index contributed by atoms with van der Waals surface area (Å²) in [6, 6.07) is 15.0. The van der Waals surface area contributed by atoms with Gasteiger partial charge in [-0.15, -0.1) is 0 Å². The SMILES string of the molecule is Cc1ccc(-c2nc(C[S@@](=O)CC(=O)NCc3ccc(Cl)cc3)c(C)o2)cc1. The summed E-state index contributed by atoms with van der Waals surface area (Å²) in [6.45, 7) is 4.17. The minimum Gasteiger partial charge on any atom is -0.441 e. The predicted molar refractivity (Wildman–Crippen MR) is 111 cm³/mol. The lowest BCUT2D eigenvalue weighted by molar-refractivity contribution is -0.118. The van der Waals surface area contributed by atoms with Gasteiger partial charge in [-0.25, -0.2) is 4.98 Å². The largest absolute Gasteiger partial charge is 0.441 e. The second-order valence-electron chi connectivity index (χ2n) is 6.52. The fourth-order valence-electron chi connectivity index (χ4n) is 2.59. The van der Waals surface area contributed by atoms with E-state index in [1.54, 1.807) is 19.1 Å². The normalized spacial score (nSPS) is 12.0. The third kappa shape index (κ3) is 5.53. The Hall–Kier alpha value is -2.44. The molecule has 146 valence electrons. The van der Waals surface area contributed by atoms with Gasteiger partial charge < -0.3 is 9.73 Å². The van der Waals surface area contributed by atoms with Crippen LogP contribution in [0.1, 0.15) is 22.6 Å². The van der Waals surface area contributed by atoms with Crippen LogP contribution in [0.15, 0.2) is 52.9 Å². The summed E-state index contributed by atoms with van der Waals surface area (Å²) in [5.41, 5.74) is 3.56. The van der Waals surface area contributed by atoms with Gasteiger partial charge in [0.1, 0.15) is 11.5 Å². The van der Waals surface area contributed by atoms with Crippen LogP contribution in [-0.2, 0) is 27.9 Å². The summed E-state index contributed by atoms with van der Waals surface area (Å²) >= 11 is 5.84. The van der Waals surface area contributed by atoms with E-state index in [4.69, 9.17) is 16.0 Å². The molecule has 0 aliphatic carbocycles. The van der Waals surface area contributed by atoms with Crippen LogP contribution in [0.5, 0.6) is 0 Å². The molecule has 0 unspecified atom stereocenters. The summed E-state index contributed by atoms with van der Waals surface area (Å²) in [4.78, 5) is 16.5. The lowest BCUT2D eigenvalue weighted by Gasteiger charge is -2.05. The molecule has 0 bridgehead atoms. The van der Waals surface area contributed by atoms with Crippen LogP contribution >= 0.6 is 11.6 Å². The fraction of sp³-hybridized carbons (Fsp3) is 0.238. The van der Waals surface area contributed by atoms with E-state index in [9.17, 15) is 9.00 Å². The molecule has 0 spiro atoms. The maximum absolute atomic E-state index is 12.4. The van der Waals surface area contributed by atoms with Crippen LogP contribution in [0.4, 0.5) is 0 Å². The maximum atomic E-state index is 12.4. The Bertz CT molecular complexity index is 982. The number of rotatable bonds is 7. The summed E-state index contributed by atoms with van der Waals surface area (Å²) in [5.74, 6) is 0.936. The van der Waals surface area contributed by atoms with E-state index in [0.29, 0.717) is 28.9 Å². The van der Waals surface area contributed by atoms with Gasteiger partial charge in [-0.2, -0.15) is 0 Å². The van der Waals surface area contributed by atoms with Crippen molar-refractivity contribution in [3.05, 3.63) is 76.1 Å². The summed E-state index contributed by atoms with van der Waals surface area (Å²) in [5, 5.41) is 3.41. The van der Waals surface area contributed by atoms with E-state index in [1.807, 2.05) is 43.3 Å². The Labute approximate surface area is 171 Å².